The molecule has 0 aliphatic carbocycles. The molecule has 7 heteroatoms. The molecule has 0 aliphatic heterocycles. The van der Waals surface area contributed by atoms with Gasteiger partial charge in [-0.1, -0.05) is 6.92 Å². The van der Waals surface area contributed by atoms with Gasteiger partial charge in [-0.3, -0.25) is 4.68 Å². The standard InChI is InChI=1S/C13H24BrN3O2S/c1-5-7-15-11(9-20(4,18)19)8-12-13(14)10(3)16-17(12)6-2/h11,15H,5-9H2,1-4H3. The minimum atomic E-state index is -3.01. The molecule has 5 nitrogen and oxygen atoms in total. The lowest BCUT2D eigenvalue weighted by atomic mass is 10.1. The Hall–Kier alpha value is -0.400. The van der Waals surface area contributed by atoms with Gasteiger partial charge in [-0.15, -0.1) is 0 Å². The molecule has 0 fully saturated rings. The molecule has 1 aromatic rings. The topological polar surface area (TPSA) is 64.0 Å². The lowest BCUT2D eigenvalue weighted by Crippen LogP contribution is -2.38. The summed E-state index contributed by atoms with van der Waals surface area (Å²) in [4.78, 5) is 0. The predicted molar refractivity (Wildman–Crippen MR) is 85.8 cm³/mol. The lowest BCUT2D eigenvalue weighted by Gasteiger charge is -2.18. The van der Waals surface area contributed by atoms with E-state index in [4.69, 9.17) is 0 Å². The van der Waals surface area contributed by atoms with Gasteiger partial charge in [0.1, 0.15) is 9.84 Å². The third kappa shape index (κ3) is 5.18. The first-order valence-electron chi connectivity index (χ1n) is 6.91. The molecule has 1 atom stereocenters. The van der Waals surface area contributed by atoms with Gasteiger partial charge in [-0.25, -0.2) is 8.42 Å². The van der Waals surface area contributed by atoms with Gasteiger partial charge in [0.2, 0.25) is 0 Å². The number of hydrogen-bond donors (Lipinski definition) is 1. The molecule has 1 aromatic heterocycles. The normalized spacial score (nSPS) is 13.7. The molecule has 116 valence electrons. The third-order valence-electron chi connectivity index (χ3n) is 3.08. The molecule has 0 saturated heterocycles. The fourth-order valence-electron chi connectivity index (χ4n) is 2.20. The maximum Gasteiger partial charge on any atom is 0.148 e. The molecule has 0 spiro atoms. The van der Waals surface area contributed by atoms with Crippen LogP contribution in [0.15, 0.2) is 4.47 Å². The minimum absolute atomic E-state index is 0.0809. The molecular formula is C13H24BrN3O2S. The second kappa shape index (κ2) is 7.56. The molecule has 0 saturated carbocycles. The molecule has 1 heterocycles. The van der Waals surface area contributed by atoms with Gasteiger partial charge >= 0.3 is 0 Å². The van der Waals surface area contributed by atoms with Crippen LogP contribution < -0.4 is 5.32 Å². The fourth-order valence-corrected chi connectivity index (χ4v) is 3.61. The van der Waals surface area contributed by atoms with Crippen LogP contribution >= 0.6 is 15.9 Å². The summed E-state index contributed by atoms with van der Waals surface area (Å²) in [6.07, 6.45) is 2.92. The van der Waals surface area contributed by atoms with Crippen LogP contribution in [0.2, 0.25) is 0 Å². The molecular weight excluding hydrogens is 342 g/mol. The summed E-state index contributed by atoms with van der Waals surface area (Å²) in [5.74, 6) is 0.146. The number of hydrogen-bond acceptors (Lipinski definition) is 4. The van der Waals surface area contributed by atoms with Crippen molar-refractivity contribution in [3.05, 3.63) is 15.9 Å². The van der Waals surface area contributed by atoms with Crippen molar-refractivity contribution in [2.24, 2.45) is 0 Å². The highest BCUT2D eigenvalue weighted by Gasteiger charge is 2.20. The number of halogens is 1. The van der Waals surface area contributed by atoms with Gasteiger partial charge in [0, 0.05) is 25.3 Å². The summed E-state index contributed by atoms with van der Waals surface area (Å²) in [5.41, 5.74) is 2.00. The SMILES string of the molecule is CCCNC(Cc1c(Br)c(C)nn1CC)CS(C)(=O)=O. The van der Waals surface area contributed by atoms with Gasteiger partial charge in [-0.05, 0) is 42.7 Å². The molecule has 0 radical (unpaired) electrons. The Morgan fingerprint density at radius 2 is 2.05 bits per heavy atom. The summed E-state index contributed by atoms with van der Waals surface area (Å²) < 4.78 is 26.0. The van der Waals surface area contributed by atoms with Gasteiger partial charge < -0.3 is 5.32 Å². The predicted octanol–water partition coefficient (Wildman–Crippen LogP) is 1.93. The van der Waals surface area contributed by atoms with Gasteiger partial charge in [0.25, 0.3) is 0 Å². The van der Waals surface area contributed by atoms with Crippen LogP contribution in [0.1, 0.15) is 31.7 Å². The molecule has 20 heavy (non-hydrogen) atoms. The summed E-state index contributed by atoms with van der Waals surface area (Å²) in [6, 6.07) is -0.0809. The van der Waals surface area contributed by atoms with E-state index in [1.807, 2.05) is 18.5 Å². The summed E-state index contributed by atoms with van der Waals surface area (Å²) >= 11 is 3.56. The maximum absolute atomic E-state index is 11.6. The first-order valence-corrected chi connectivity index (χ1v) is 9.76. The Balaban J connectivity index is 2.94. The Kier molecular flexibility index (Phi) is 6.68. The van der Waals surface area contributed by atoms with Crippen molar-refractivity contribution in [1.82, 2.24) is 15.1 Å². The van der Waals surface area contributed by atoms with Crippen LogP contribution in [0.4, 0.5) is 0 Å². The zero-order chi connectivity index (χ0) is 15.3. The number of nitrogens with one attached hydrogen (secondary N) is 1. The number of sulfone groups is 1. The van der Waals surface area contributed by atoms with Crippen LogP contribution in [0.25, 0.3) is 0 Å². The van der Waals surface area contributed by atoms with Crippen LogP contribution in [-0.4, -0.2) is 42.8 Å². The summed E-state index contributed by atoms with van der Waals surface area (Å²) in [5, 5.41) is 7.77. The quantitative estimate of drug-likeness (QED) is 0.764. The van der Waals surface area contributed by atoms with E-state index in [-0.39, 0.29) is 11.8 Å². The average molecular weight is 366 g/mol. The zero-order valence-corrected chi connectivity index (χ0v) is 15.0. The third-order valence-corrected chi connectivity index (χ3v) is 5.12. The van der Waals surface area contributed by atoms with Crippen molar-refractivity contribution in [2.45, 2.75) is 46.2 Å². The van der Waals surface area contributed by atoms with Crippen molar-refractivity contribution in [1.29, 1.82) is 0 Å². The van der Waals surface area contributed by atoms with E-state index in [1.54, 1.807) is 0 Å². The zero-order valence-electron chi connectivity index (χ0n) is 12.6. The molecule has 0 aromatic carbocycles. The maximum atomic E-state index is 11.6. The van der Waals surface area contributed by atoms with E-state index in [1.165, 1.54) is 6.26 Å². The van der Waals surface area contributed by atoms with E-state index < -0.39 is 9.84 Å². The second-order valence-electron chi connectivity index (χ2n) is 5.11. The van der Waals surface area contributed by atoms with Gasteiger partial charge in [0.15, 0.2) is 0 Å². The van der Waals surface area contributed by atoms with Crippen molar-refractivity contribution in [3.63, 3.8) is 0 Å². The molecule has 0 amide bonds. The Morgan fingerprint density at radius 3 is 2.55 bits per heavy atom. The molecule has 1 rings (SSSR count). The Morgan fingerprint density at radius 1 is 1.40 bits per heavy atom. The summed E-state index contributed by atoms with van der Waals surface area (Å²) in [7, 11) is -3.01. The van der Waals surface area contributed by atoms with Crippen molar-refractivity contribution in [3.8, 4) is 0 Å². The number of aromatic nitrogens is 2. The molecule has 0 bridgehead atoms. The largest absolute Gasteiger partial charge is 0.313 e. The van der Waals surface area contributed by atoms with Crippen molar-refractivity contribution < 1.29 is 8.42 Å². The highest BCUT2D eigenvalue weighted by atomic mass is 79.9. The molecule has 1 unspecified atom stereocenters. The first kappa shape index (κ1) is 17.7. The van der Waals surface area contributed by atoms with E-state index in [0.717, 1.165) is 35.4 Å². The summed E-state index contributed by atoms with van der Waals surface area (Å²) in [6.45, 7) is 7.65. The molecule has 0 aliphatic rings. The highest BCUT2D eigenvalue weighted by molar-refractivity contribution is 9.10. The smallest absolute Gasteiger partial charge is 0.148 e. The van der Waals surface area contributed by atoms with Gasteiger partial charge in [-0.2, -0.15) is 5.10 Å². The average Bonchev–Trinajstić information content (AvgIpc) is 2.61. The van der Waals surface area contributed by atoms with Crippen LogP contribution in [0, 0.1) is 6.92 Å². The monoisotopic (exact) mass is 365 g/mol. The number of nitrogens with zero attached hydrogens (tertiary/aromatic N) is 2. The number of aryl methyl sites for hydroxylation is 2. The molecule has 1 N–H and O–H groups in total. The van der Waals surface area contributed by atoms with E-state index in [0.29, 0.717) is 6.42 Å². The number of rotatable bonds is 8. The van der Waals surface area contributed by atoms with Crippen LogP contribution in [0.3, 0.4) is 0 Å². The fraction of sp³-hybridized carbons (Fsp3) is 0.769. The lowest BCUT2D eigenvalue weighted by molar-refractivity contribution is 0.507. The highest BCUT2D eigenvalue weighted by Crippen LogP contribution is 2.22. The first-order chi connectivity index (χ1) is 9.28. The Labute approximate surface area is 130 Å². The van der Waals surface area contributed by atoms with E-state index >= 15 is 0 Å². The van der Waals surface area contributed by atoms with Gasteiger partial charge in [0.05, 0.1) is 21.6 Å². The van der Waals surface area contributed by atoms with Crippen molar-refractivity contribution >= 4 is 25.8 Å². The van der Waals surface area contributed by atoms with Crippen LogP contribution in [0.5, 0.6) is 0 Å². The van der Waals surface area contributed by atoms with E-state index in [9.17, 15) is 8.42 Å². The minimum Gasteiger partial charge on any atom is -0.313 e. The van der Waals surface area contributed by atoms with E-state index in [2.05, 4.69) is 33.3 Å². The van der Waals surface area contributed by atoms with Crippen molar-refractivity contribution in [2.75, 3.05) is 18.6 Å². The second-order valence-corrected chi connectivity index (χ2v) is 8.09. The Bertz CT molecular complexity index is 540. The van der Waals surface area contributed by atoms with Crippen LogP contribution in [-0.2, 0) is 22.8 Å².